The van der Waals surface area contributed by atoms with E-state index in [1.807, 2.05) is 13.8 Å². The number of hydrogen-bond donors (Lipinski definition) is 1. The summed E-state index contributed by atoms with van der Waals surface area (Å²) in [7, 11) is 0. The average molecular weight is 241 g/mol. The topological polar surface area (TPSA) is 46.5 Å². The van der Waals surface area contributed by atoms with Gasteiger partial charge in [-0.1, -0.05) is 25.4 Å². The maximum absolute atomic E-state index is 10.9. The van der Waals surface area contributed by atoms with Crippen molar-refractivity contribution in [3.63, 3.8) is 0 Å². The monoisotopic (exact) mass is 240 g/mol. The summed E-state index contributed by atoms with van der Waals surface area (Å²) in [6, 6.07) is 6.94. The van der Waals surface area contributed by atoms with Gasteiger partial charge in [-0.25, -0.2) is 0 Å². The van der Waals surface area contributed by atoms with Crippen LogP contribution in [-0.4, -0.2) is 17.2 Å². The average Bonchev–Trinajstić information content (AvgIpc) is 2.72. The standard InChI is InChI=1S/C12H13ClO3/c1-12(2)9(11(14)15)10(12)16-8-5-3-7(13)4-6-8/h3-6,9-10H,1-2H3,(H,14,15). The molecule has 0 heterocycles. The third-order valence-corrected chi connectivity index (χ3v) is 3.32. The van der Waals surface area contributed by atoms with Crippen molar-refractivity contribution in [1.82, 2.24) is 0 Å². The largest absolute Gasteiger partial charge is 0.489 e. The molecule has 1 aromatic carbocycles. The van der Waals surface area contributed by atoms with Crippen LogP contribution in [0.5, 0.6) is 5.75 Å². The number of carboxylic acids is 1. The van der Waals surface area contributed by atoms with Crippen LogP contribution in [0.4, 0.5) is 0 Å². The molecule has 0 radical (unpaired) electrons. The van der Waals surface area contributed by atoms with Gasteiger partial charge in [0.1, 0.15) is 17.8 Å². The van der Waals surface area contributed by atoms with Gasteiger partial charge >= 0.3 is 5.97 Å². The molecule has 2 atom stereocenters. The molecule has 1 aliphatic carbocycles. The zero-order valence-corrected chi connectivity index (χ0v) is 9.86. The molecular weight excluding hydrogens is 228 g/mol. The lowest BCUT2D eigenvalue weighted by atomic mass is 10.1. The Kier molecular flexibility index (Phi) is 2.58. The summed E-state index contributed by atoms with van der Waals surface area (Å²) in [4.78, 5) is 10.9. The zero-order chi connectivity index (χ0) is 11.9. The molecule has 2 rings (SSSR count). The van der Waals surface area contributed by atoms with Crippen molar-refractivity contribution >= 4 is 17.6 Å². The molecule has 0 amide bonds. The van der Waals surface area contributed by atoms with Crippen molar-refractivity contribution in [2.24, 2.45) is 11.3 Å². The molecule has 86 valence electrons. The molecule has 16 heavy (non-hydrogen) atoms. The molecule has 1 N–H and O–H groups in total. The summed E-state index contributed by atoms with van der Waals surface area (Å²) in [5.41, 5.74) is -0.300. The lowest BCUT2D eigenvalue weighted by Crippen LogP contribution is -2.07. The first-order valence-electron chi connectivity index (χ1n) is 5.08. The maximum Gasteiger partial charge on any atom is 0.310 e. The Morgan fingerprint density at radius 3 is 2.38 bits per heavy atom. The summed E-state index contributed by atoms with van der Waals surface area (Å²) in [6.45, 7) is 3.79. The second-order valence-electron chi connectivity index (χ2n) is 4.63. The first-order chi connectivity index (χ1) is 7.43. The number of hydrogen-bond acceptors (Lipinski definition) is 2. The molecule has 0 spiro atoms. The summed E-state index contributed by atoms with van der Waals surface area (Å²) in [5.74, 6) is -0.571. The van der Waals surface area contributed by atoms with Gasteiger partial charge in [-0.3, -0.25) is 4.79 Å². The molecule has 1 aliphatic rings. The fraction of sp³-hybridized carbons (Fsp3) is 0.417. The lowest BCUT2D eigenvalue weighted by molar-refractivity contribution is -0.139. The van der Waals surface area contributed by atoms with Gasteiger partial charge in [-0.15, -0.1) is 0 Å². The normalized spacial score (nSPS) is 26.2. The van der Waals surface area contributed by atoms with Crippen LogP contribution in [-0.2, 0) is 4.79 Å². The first-order valence-corrected chi connectivity index (χ1v) is 5.46. The summed E-state index contributed by atoms with van der Waals surface area (Å²) in [5, 5.41) is 9.62. The highest BCUT2D eigenvalue weighted by atomic mass is 35.5. The van der Waals surface area contributed by atoms with Gasteiger partial charge in [-0.05, 0) is 24.3 Å². The molecule has 1 saturated carbocycles. The summed E-state index contributed by atoms with van der Waals surface area (Å²) in [6.07, 6.45) is -0.258. The van der Waals surface area contributed by atoms with Crippen LogP contribution >= 0.6 is 11.6 Å². The molecule has 3 nitrogen and oxygen atoms in total. The zero-order valence-electron chi connectivity index (χ0n) is 9.11. The predicted molar refractivity (Wildman–Crippen MR) is 60.8 cm³/mol. The molecule has 0 bridgehead atoms. The number of aliphatic carboxylic acids is 1. The van der Waals surface area contributed by atoms with Gasteiger partial charge in [0.15, 0.2) is 0 Å². The van der Waals surface area contributed by atoms with E-state index >= 15 is 0 Å². The second kappa shape index (κ2) is 3.67. The number of carbonyl (C=O) groups is 1. The number of carboxylic acid groups (broad SMARTS) is 1. The second-order valence-corrected chi connectivity index (χ2v) is 5.07. The third kappa shape index (κ3) is 1.87. The first kappa shape index (κ1) is 11.3. The van der Waals surface area contributed by atoms with E-state index in [-0.39, 0.29) is 11.5 Å². The smallest absolute Gasteiger partial charge is 0.310 e. The van der Waals surface area contributed by atoms with E-state index in [4.69, 9.17) is 21.4 Å². The Morgan fingerprint density at radius 1 is 1.38 bits per heavy atom. The van der Waals surface area contributed by atoms with Gasteiger partial charge in [0.2, 0.25) is 0 Å². The third-order valence-electron chi connectivity index (χ3n) is 3.07. The number of benzene rings is 1. The quantitative estimate of drug-likeness (QED) is 0.884. The summed E-state index contributed by atoms with van der Waals surface area (Å²) < 4.78 is 5.63. The number of ether oxygens (including phenoxy) is 1. The molecule has 4 heteroatoms. The molecule has 0 saturated heterocycles. The van der Waals surface area contributed by atoms with Crippen LogP contribution in [0.1, 0.15) is 13.8 Å². The van der Waals surface area contributed by atoms with E-state index in [1.165, 1.54) is 0 Å². The van der Waals surface area contributed by atoms with Gasteiger partial charge in [0.05, 0.1) is 0 Å². The maximum atomic E-state index is 10.9. The van der Waals surface area contributed by atoms with Crippen LogP contribution in [0, 0.1) is 11.3 Å². The minimum absolute atomic E-state index is 0.258. The minimum Gasteiger partial charge on any atom is -0.489 e. The highest BCUT2D eigenvalue weighted by Crippen LogP contribution is 2.54. The van der Waals surface area contributed by atoms with Gasteiger partial charge in [0.25, 0.3) is 0 Å². The van der Waals surface area contributed by atoms with Crippen molar-refractivity contribution in [2.75, 3.05) is 0 Å². The SMILES string of the molecule is CC1(C)C(Oc2ccc(Cl)cc2)C1C(=O)O. The molecule has 1 fully saturated rings. The van der Waals surface area contributed by atoms with Gasteiger partial charge < -0.3 is 9.84 Å². The molecule has 0 aromatic heterocycles. The van der Waals surface area contributed by atoms with E-state index in [0.29, 0.717) is 10.8 Å². The minimum atomic E-state index is -0.802. The fourth-order valence-electron chi connectivity index (χ4n) is 1.92. The number of rotatable bonds is 3. The molecular formula is C12H13ClO3. The van der Waals surface area contributed by atoms with Crippen molar-refractivity contribution in [2.45, 2.75) is 20.0 Å². The molecule has 2 unspecified atom stereocenters. The van der Waals surface area contributed by atoms with Gasteiger partial charge in [-0.2, -0.15) is 0 Å². The van der Waals surface area contributed by atoms with Gasteiger partial charge in [0, 0.05) is 10.4 Å². The van der Waals surface area contributed by atoms with E-state index in [0.717, 1.165) is 0 Å². The lowest BCUT2D eigenvalue weighted by Gasteiger charge is -2.06. The molecule has 0 aliphatic heterocycles. The Bertz CT molecular complexity index is 411. The van der Waals surface area contributed by atoms with Crippen molar-refractivity contribution in [3.05, 3.63) is 29.3 Å². The van der Waals surface area contributed by atoms with Crippen LogP contribution in [0.25, 0.3) is 0 Å². The predicted octanol–water partition coefficient (Wildman–Crippen LogP) is 2.83. The van der Waals surface area contributed by atoms with E-state index < -0.39 is 11.9 Å². The highest BCUT2D eigenvalue weighted by Gasteiger charge is 2.64. The van der Waals surface area contributed by atoms with Crippen LogP contribution in [0.2, 0.25) is 5.02 Å². The Hall–Kier alpha value is -1.22. The van der Waals surface area contributed by atoms with Crippen LogP contribution in [0.15, 0.2) is 24.3 Å². The van der Waals surface area contributed by atoms with E-state index in [9.17, 15) is 4.79 Å². The fourth-order valence-corrected chi connectivity index (χ4v) is 2.04. The number of halogens is 1. The van der Waals surface area contributed by atoms with Crippen LogP contribution in [0.3, 0.4) is 0 Å². The Morgan fingerprint density at radius 2 is 1.94 bits per heavy atom. The van der Waals surface area contributed by atoms with Crippen molar-refractivity contribution in [1.29, 1.82) is 0 Å². The molecule has 1 aromatic rings. The van der Waals surface area contributed by atoms with E-state index in [1.54, 1.807) is 24.3 Å². The van der Waals surface area contributed by atoms with E-state index in [2.05, 4.69) is 0 Å². The Labute approximate surface area is 99.0 Å². The van der Waals surface area contributed by atoms with Crippen molar-refractivity contribution in [3.8, 4) is 5.75 Å². The van der Waals surface area contributed by atoms with Crippen LogP contribution < -0.4 is 4.74 Å². The summed E-state index contributed by atoms with van der Waals surface area (Å²) >= 11 is 5.75. The Balaban J connectivity index is 2.07. The van der Waals surface area contributed by atoms with Crippen molar-refractivity contribution < 1.29 is 14.6 Å². The highest BCUT2D eigenvalue weighted by molar-refractivity contribution is 6.30.